The van der Waals surface area contributed by atoms with Crippen LogP contribution in [0.5, 0.6) is 0 Å². The molecular weight excluding hydrogens is 154 g/mol. The Hall–Kier alpha value is -0.830. The van der Waals surface area contributed by atoms with Gasteiger partial charge in [0.1, 0.15) is 0 Å². The van der Waals surface area contributed by atoms with Crippen LogP contribution in [0.15, 0.2) is 11.6 Å². The van der Waals surface area contributed by atoms with Crippen LogP contribution in [0.3, 0.4) is 0 Å². The van der Waals surface area contributed by atoms with Crippen molar-refractivity contribution in [1.82, 2.24) is 5.32 Å². The Morgan fingerprint density at radius 3 is 3.08 bits per heavy atom. The van der Waals surface area contributed by atoms with Gasteiger partial charge in [-0.2, -0.15) is 0 Å². The summed E-state index contributed by atoms with van der Waals surface area (Å²) >= 11 is 0. The van der Waals surface area contributed by atoms with Gasteiger partial charge in [0, 0.05) is 12.6 Å². The van der Waals surface area contributed by atoms with Crippen LogP contribution in [0.25, 0.3) is 0 Å². The Bertz CT molecular complexity index is 199. The summed E-state index contributed by atoms with van der Waals surface area (Å²) < 4.78 is 4.56. The van der Waals surface area contributed by atoms with Crippen molar-refractivity contribution in [3.05, 3.63) is 11.6 Å². The molecule has 0 bridgehead atoms. The predicted octanol–water partition coefficient (Wildman–Crippen LogP) is 0.715. The summed E-state index contributed by atoms with van der Waals surface area (Å²) in [5, 5.41) is 3.22. The van der Waals surface area contributed by atoms with Gasteiger partial charge >= 0.3 is 5.97 Å². The molecule has 1 rings (SSSR count). The standard InChI is InChI=1S/C9H15NO2/c1-7-3-4-10-6-8(7)5-9(11)12-2/h5,7,10H,3-4,6H2,1-2H3/b8-5+. The number of ether oxygens (including phenoxy) is 1. The van der Waals surface area contributed by atoms with Gasteiger partial charge in [-0.1, -0.05) is 6.92 Å². The average molecular weight is 169 g/mol. The van der Waals surface area contributed by atoms with Crippen molar-refractivity contribution in [3.8, 4) is 0 Å². The highest BCUT2D eigenvalue weighted by Gasteiger charge is 2.14. The number of hydrogen-bond donors (Lipinski definition) is 1. The van der Waals surface area contributed by atoms with Crippen LogP contribution >= 0.6 is 0 Å². The van der Waals surface area contributed by atoms with Crippen molar-refractivity contribution in [2.24, 2.45) is 5.92 Å². The number of nitrogens with one attached hydrogen (secondary N) is 1. The smallest absolute Gasteiger partial charge is 0.330 e. The molecule has 0 aliphatic carbocycles. The Labute approximate surface area is 72.8 Å². The highest BCUT2D eigenvalue weighted by Crippen LogP contribution is 2.16. The fourth-order valence-corrected chi connectivity index (χ4v) is 1.31. The normalized spacial score (nSPS) is 27.2. The van der Waals surface area contributed by atoms with E-state index in [1.54, 1.807) is 6.08 Å². The molecule has 12 heavy (non-hydrogen) atoms. The van der Waals surface area contributed by atoms with Gasteiger partial charge in [-0.05, 0) is 24.5 Å². The first kappa shape index (κ1) is 9.26. The van der Waals surface area contributed by atoms with E-state index in [9.17, 15) is 4.79 Å². The van der Waals surface area contributed by atoms with Gasteiger partial charge in [-0.25, -0.2) is 4.79 Å². The van der Waals surface area contributed by atoms with Crippen LogP contribution in [0.1, 0.15) is 13.3 Å². The van der Waals surface area contributed by atoms with Crippen LogP contribution in [0.4, 0.5) is 0 Å². The third-order valence-corrected chi connectivity index (χ3v) is 2.22. The topological polar surface area (TPSA) is 38.3 Å². The second-order valence-electron chi connectivity index (χ2n) is 3.11. The maximum atomic E-state index is 10.9. The predicted molar refractivity (Wildman–Crippen MR) is 46.7 cm³/mol. The molecule has 0 aromatic rings. The maximum absolute atomic E-state index is 10.9. The van der Waals surface area contributed by atoms with Crippen molar-refractivity contribution in [3.63, 3.8) is 0 Å². The molecule has 1 atom stereocenters. The number of hydrogen-bond acceptors (Lipinski definition) is 3. The lowest BCUT2D eigenvalue weighted by molar-refractivity contribution is -0.134. The van der Waals surface area contributed by atoms with Crippen LogP contribution in [0, 0.1) is 5.92 Å². The van der Waals surface area contributed by atoms with Gasteiger partial charge in [0.2, 0.25) is 0 Å². The van der Waals surface area contributed by atoms with Crippen LogP contribution in [-0.4, -0.2) is 26.2 Å². The van der Waals surface area contributed by atoms with Gasteiger partial charge < -0.3 is 10.1 Å². The molecule has 1 saturated heterocycles. The Morgan fingerprint density at radius 2 is 2.50 bits per heavy atom. The molecular formula is C9H15NO2. The molecule has 0 aromatic heterocycles. The van der Waals surface area contributed by atoms with Crippen molar-refractivity contribution < 1.29 is 9.53 Å². The minimum Gasteiger partial charge on any atom is -0.466 e. The van der Waals surface area contributed by atoms with E-state index in [4.69, 9.17) is 0 Å². The summed E-state index contributed by atoms with van der Waals surface area (Å²) in [6.45, 7) is 3.99. The van der Waals surface area contributed by atoms with E-state index in [0.29, 0.717) is 5.92 Å². The van der Waals surface area contributed by atoms with Gasteiger partial charge in [0.25, 0.3) is 0 Å². The van der Waals surface area contributed by atoms with Gasteiger partial charge in [-0.15, -0.1) is 0 Å². The lowest BCUT2D eigenvalue weighted by Gasteiger charge is -2.22. The number of piperidine rings is 1. The first-order valence-corrected chi connectivity index (χ1v) is 4.23. The number of carbonyl (C=O) groups is 1. The molecule has 0 radical (unpaired) electrons. The second kappa shape index (κ2) is 4.26. The molecule has 68 valence electrons. The number of carbonyl (C=O) groups excluding carboxylic acids is 1. The van der Waals surface area contributed by atoms with E-state index in [1.165, 1.54) is 7.11 Å². The molecule has 0 aromatic carbocycles. The minimum absolute atomic E-state index is 0.249. The molecule has 1 aliphatic heterocycles. The summed E-state index contributed by atoms with van der Waals surface area (Å²) in [5.74, 6) is 0.255. The Morgan fingerprint density at radius 1 is 1.75 bits per heavy atom. The third kappa shape index (κ3) is 2.34. The lowest BCUT2D eigenvalue weighted by Crippen LogP contribution is -2.29. The summed E-state index contributed by atoms with van der Waals surface area (Å²) in [7, 11) is 1.40. The zero-order chi connectivity index (χ0) is 8.97. The maximum Gasteiger partial charge on any atom is 0.330 e. The number of rotatable bonds is 1. The fraction of sp³-hybridized carbons (Fsp3) is 0.667. The number of methoxy groups -OCH3 is 1. The molecule has 0 spiro atoms. The third-order valence-electron chi connectivity index (χ3n) is 2.22. The van der Waals surface area contributed by atoms with E-state index in [-0.39, 0.29) is 5.97 Å². The summed E-state index contributed by atoms with van der Waals surface area (Å²) in [6, 6.07) is 0. The largest absolute Gasteiger partial charge is 0.466 e. The average Bonchev–Trinajstić information content (AvgIpc) is 2.09. The molecule has 3 heteroatoms. The molecule has 0 saturated carbocycles. The van der Waals surface area contributed by atoms with E-state index < -0.39 is 0 Å². The highest BCUT2D eigenvalue weighted by molar-refractivity contribution is 5.82. The zero-order valence-electron chi connectivity index (χ0n) is 7.59. The first-order valence-electron chi connectivity index (χ1n) is 4.23. The van der Waals surface area contributed by atoms with Crippen molar-refractivity contribution >= 4 is 5.97 Å². The zero-order valence-corrected chi connectivity index (χ0v) is 7.59. The first-order chi connectivity index (χ1) is 5.74. The Kier molecular flexibility index (Phi) is 3.29. The summed E-state index contributed by atoms with van der Waals surface area (Å²) in [6.07, 6.45) is 2.69. The fourth-order valence-electron chi connectivity index (χ4n) is 1.31. The van der Waals surface area contributed by atoms with Gasteiger partial charge in [0.15, 0.2) is 0 Å². The summed E-state index contributed by atoms with van der Waals surface area (Å²) in [5.41, 5.74) is 1.15. The molecule has 1 aliphatic rings. The molecule has 3 nitrogen and oxygen atoms in total. The van der Waals surface area contributed by atoms with Gasteiger partial charge in [-0.3, -0.25) is 0 Å². The van der Waals surface area contributed by atoms with Crippen LogP contribution in [0.2, 0.25) is 0 Å². The lowest BCUT2D eigenvalue weighted by atomic mass is 9.94. The molecule has 1 heterocycles. The molecule has 0 amide bonds. The second-order valence-corrected chi connectivity index (χ2v) is 3.11. The summed E-state index contributed by atoms with van der Waals surface area (Å²) in [4.78, 5) is 10.9. The van der Waals surface area contributed by atoms with Gasteiger partial charge in [0.05, 0.1) is 7.11 Å². The monoisotopic (exact) mass is 169 g/mol. The van der Waals surface area contributed by atoms with Crippen molar-refractivity contribution in [2.45, 2.75) is 13.3 Å². The van der Waals surface area contributed by atoms with Crippen LogP contribution in [-0.2, 0) is 9.53 Å². The number of esters is 1. The van der Waals surface area contributed by atoms with E-state index in [0.717, 1.165) is 25.1 Å². The molecule has 1 N–H and O–H groups in total. The van der Waals surface area contributed by atoms with E-state index in [1.807, 2.05) is 0 Å². The quantitative estimate of drug-likeness (QED) is 0.464. The Balaban J connectivity index is 2.58. The van der Waals surface area contributed by atoms with Crippen molar-refractivity contribution in [1.29, 1.82) is 0 Å². The minimum atomic E-state index is -0.249. The van der Waals surface area contributed by atoms with Crippen LogP contribution < -0.4 is 5.32 Å². The van der Waals surface area contributed by atoms with E-state index >= 15 is 0 Å². The SMILES string of the molecule is COC(=O)/C=C1\CNCCC1C. The van der Waals surface area contributed by atoms with E-state index in [2.05, 4.69) is 17.0 Å². The highest BCUT2D eigenvalue weighted by atomic mass is 16.5. The van der Waals surface area contributed by atoms with Crippen molar-refractivity contribution in [2.75, 3.05) is 20.2 Å². The molecule has 1 unspecified atom stereocenters. The molecule has 1 fully saturated rings.